The van der Waals surface area contributed by atoms with E-state index in [0.29, 0.717) is 19.8 Å². The monoisotopic (exact) mass is 246 g/mol. The largest absolute Gasteiger partial charge is 0.328 e. The minimum atomic E-state index is -0.854. The van der Waals surface area contributed by atoms with Crippen molar-refractivity contribution in [3.05, 3.63) is 0 Å². The van der Waals surface area contributed by atoms with Crippen LogP contribution in [0.4, 0.5) is 0 Å². The summed E-state index contributed by atoms with van der Waals surface area (Å²) in [4.78, 5) is 0. The molecule has 0 unspecified atom stereocenters. The SMILES string of the molecule is CCCCCCCCOC(C)(OCC)OCC. The molecule has 0 saturated heterocycles. The zero-order chi connectivity index (χ0) is 13.0. The van der Waals surface area contributed by atoms with Crippen molar-refractivity contribution < 1.29 is 14.2 Å². The molecule has 0 fully saturated rings. The molecule has 0 aliphatic rings. The maximum atomic E-state index is 5.67. The molecule has 0 radical (unpaired) electrons. The summed E-state index contributed by atoms with van der Waals surface area (Å²) in [6, 6.07) is 0. The molecule has 0 saturated carbocycles. The lowest BCUT2D eigenvalue weighted by Gasteiger charge is -2.28. The van der Waals surface area contributed by atoms with Crippen molar-refractivity contribution in [1.82, 2.24) is 0 Å². The minimum Gasteiger partial charge on any atom is -0.328 e. The summed E-state index contributed by atoms with van der Waals surface area (Å²) in [6.07, 6.45) is 7.59. The number of hydrogen-bond donors (Lipinski definition) is 0. The maximum absolute atomic E-state index is 5.67. The third-order valence-corrected chi connectivity index (χ3v) is 2.68. The van der Waals surface area contributed by atoms with Gasteiger partial charge in [0.1, 0.15) is 0 Å². The van der Waals surface area contributed by atoms with E-state index in [1.807, 2.05) is 20.8 Å². The van der Waals surface area contributed by atoms with E-state index in [0.717, 1.165) is 6.42 Å². The van der Waals surface area contributed by atoms with Crippen LogP contribution >= 0.6 is 0 Å². The Balaban J connectivity index is 3.54. The summed E-state index contributed by atoms with van der Waals surface area (Å²) in [7, 11) is 0. The Labute approximate surface area is 107 Å². The molecule has 0 aliphatic heterocycles. The summed E-state index contributed by atoms with van der Waals surface area (Å²) in [5.41, 5.74) is 0. The normalized spacial score (nSPS) is 12.0. The highest BCUT2D eigenvalue weighted by Gasteiger charge is 2.25. The molecule has 0 spiro atoms. The van der Waals surface area contributed by atoms with Gasteiger partial charge in [-0.1, -0.05) is 39.0 Å². The van der Waals surface area contributed by atoms with E-state index >= 15 is 0 Å². The highest BCUT2D eigenvalue weighted by molar-refractivity contribution is 4.49. The number of unbranched alkanes of at least 4 members (excludes halogenated alkanes) is 5. The quantitative estimate of drug-likeness (QED) is 0.383. The Morgan fingerprint density at radius 1 is 0.706 bits per heavy atom. The van der Waals surface area contributed by atoms with E-state index in [4.69, 9.17) is 14.2 Å². The molecule has 0 N–H and O–H groups in total. The molecule has 3 heteroatoms. The maximum Gasteiger partial charge on any atom is 0.279 e. The molecule has 0 atom stereocenters. The van der Waals surface area contributed by atoms with Crippen LogP contribution in [0, 0.1) is 0 Å². The molecule has 104 valence electrons. The molecule has 0 amide bonds. The lowest BCUT2D eigenvalue weighted by molar-refractivity contribution is -0.367. The van der Waals surface area contributed by atoms with Gasteiger partial charge in [0.05, 0.1) is 6.61 Å². The smallest absolute Gasteiger partial charge is 0.279 e. The van der Waals surface area contributed by atoms with Crippen LogP contribution < -0.4 is 0 Å². The van der Waals surface area contributed by atoms with Crippen molar-refractivity contribution in [1.29, 1.82) is 0 Å². The molecule has 17 heavy (non-hydrogen) atoms. The summed E-state index contributed by atoms with van der Waals surface area (Å²) in [5.74, 6) is -0.854. The Morgan fingerprint density at radius 3 is 1.76 bits per heavy atom. The predicted molar refractivity (Wildman–Crippen MR) is 71.0 cm³/mol. The number of rotatable bonds is 12. The molecule has 0 aromatic rings. The van der Waals surface area contributed by atoms with E-state index in [1.165, 1.54) is 32.1 Å². The minimum absolute atomic E-state index is 0.604. The highest BCUT2D eigenvalue weighted by atomic mass is 16.9. The van der Waals surface area contributed by atoms with E-state index in [-0.39, 0.29) is 0 Å². The fourth-order valence-electron chi connectivity index (χ4n) is 1.79. The third kappa shape index (κ3) is 9.57. The summed E-state index contributed by atoms with van der Waals surface area (Å²) in [6.45, 7) is 9.90. The Morgan fingerprint density at radius 2 is 1.24 bits per heavy atom. The third-order valence-electron chi connectivity index (χ3n) is 2.68. The van der Waals surface area contributed by atoms with Crippen molar-refractivity contribution in [3.8, 4) is 0 Å². The van der Waals surface area contributed by atoms with Crippen LogP contribution in [0.1, 0.15) is 66.2 Å². The van der Waals surface area contributed by atoms with Crippen LogP contribution in [-0.2, 0) is 14.2 Å². The van der Waals surface area contributed by atoms with Gasteiger partial charge in [0.2, 0.25) is 0 Å². The van der Waals surface area contributed by atoms with Gasteiger partial charge in [-0.3, -0.25) is 0 Å². The van der Waals surface area contributed by atoms with E-state index in [9.17, 15) is 0 Å². The second-order valence-corrected chi connectivity index (χ2v) is 4.34. The first-order valence-electron chi connectivity index (χ1n) is 7.10. The zero-order valence-corrected chi connectivity index (χ0v) is 12.1. The van der Waals surface area contributed by atoms with Crippen molar-refractivity contribution >= 4 is 0 Å². The van der Waals surface area contributed by atoms with Crippen molar-refractivity contribution in [2.45, 2.75) is 72.2 Å². The highest BCUT2D eigenvalue weighted by Crippen LogP contribution is 2.15. The van der Waals surface area contributed by atoms with Crippen molar-refractivity contribution in [3.63, 3.8) is 0 Å². The summed E-state index contributed by atoms with van der Waals surface area (Å²) < 4.78 is 16.6. The van der Waals surface area contributed by atoms with Crippen LogP contribution in [0.25, 0.3) is 0 Å². The van der Waals surface area contributed by atoms with Crippen molar-refractivity contribution in [2.75, 3.05) is 19.8 Å². The van der Waals surface area contributed by atoms with Crippen LogP contribution in [0.5, 0.6) is 0 Å². The van der Waals surface area contributed by atoms with Crippen molar-refractivity contribution in [2.24, 2.45) is 0 Å². The molecule has 0 rings (SSSR count). The molecule has 0 aliphatic carbocycles. The van der Waals surface area contributed by atoms with Crippen LogP contribution in [0.15, 0.2) is 0 Å². The topological polar surface area (TPSA) is 27.7 Å². The second kappa shape index (κ2) is 11.0. The van der Waals surface area contributed by atoms with E-state index in [2.05, 4.69) is 6.92 Å². The lowest BCUT2D eigenvalue weighted by atomic mass is 10.1. The van der Waals surface area contributed by atoms with Gasteiger partial charge < -0.3 is 14.2 Å². The fraction of sp³-hybridized carbons (Fsp3) is 1.00. The van der Waals surface area contributed by atoms with E-state index in [1.54, 1.807) is 0 Å². The van der Waals surface area contributed by atoms with Gasteiger partial charge in [-0.2, -0.15) is 0 Å². The van der Waals surface area contributed by atoms with Crippen LogP contribution in [0.3, 0.4) is 0 Å². The van der Waals surface area contributed by atoms with Gasteiger partial charge in [-0.15, -0.1) is 0 Å². The van der Waals surface area contributed by atoms with Crippen LogP contribution in [-0.4, -0.2) is 25.8 Å². The van der Waals surface area contributed by atoms with Gasteiger partial charge in [0.25, 0.3) is 5.97 Å². The Hall–Kier alpha value is -0.120. The van der Waals surface area contributed by atoms with Gasteiger partial charge in [-0.05, 0) is 20.3 Å². The molecule has 0 heterocycles. The summed E-state index contributed by atoms with van der Waals surface area (Å²) >= 11 is 0. The zero-order valence-electron chi connectivity index (χ0n) is 12.1. The van der Waals surface area contributed by atoms with Gasteiger partial charge in [0, 0.05) is 20.1 Å². The number of hydrogen-bond acceptors (Lipinski definition) is 3. The first kappa shape index (κ1) is 16.9. The average molecular weight is 246 g/mol. The molecule has 0 aromatic carbocycles. The van der Waals surface area contributed by atoms with E-state index < -0.39 is 5.97 Å². The Kier molecular flexibility index (Phi) is 10.9. The first-order chi connectivity index (χ1) is 8.18. The molecular weight excluding hydrogens is 216 g/mol. The van der Waals surface area contributed by atoms with Gasteiger partial charge in [-0.25, -0.2) is 0 Å². The summed E-state index contributed by atoms with van der Waals surface area (Å²) in [5, 5.41) is 0. The standard InChI is InChI=1S/C14H30O3/c1-5-8-9-10-11-12-13-17-14(4,15-6-2)16-7-3/h5-13H2,1-4H3. The first-order valence-corrected chi connectivity index (χ1v) is 7.10. The second-order valence-electron chi connectivity index (χ2n) is 4.34. The van der Waals surface area contributed by atoms with Crippen LogP contribution in [0.2, 0.25) is 0 Å². The van der Waals surface area contributed by atoms with Gasteiger partial charge >= 0.3 is 0 Å². The molecule has 3 nitrogen and oxygen atoms in total. The molecule has 0 bridgehead atoms. The fourth-order valence-corrected chi connectivity index (χ4v) is 1.79. The average Bonchev–Trinajstić information content (AvgIpc) is 2.28. The number of ether oxygens (including phenoxy) is 3. The van der Waals surface area contributed by atoms with Gasteiger partial charge in [0.15, 0.2) is 0 Å². The molecular formula is C14H30O3. The predicted octanol–water partition coefficient (Wildman–Crippen LogP) is 4.11. The lowest BCUT2D eigenvalue weighted by Crippen LogP contribution is -2.36. The molecule has 0 aromatic heterocycles. The Bertz CT molecular complexity index is 154.